The van der Waals surface area contributed by atoms with Crippen molar-refractivity contribution in [1.29, 1.82) is 0 Å². The first-order valence-electron chi connectivity index (χ1n) is 6.92. The maximum Gasteiger partial charge on any atom is 0.206 e. The molecule has 0 saturated heterocycles. The summed E-state index contributed by atoms with van der Waals surface area (Å²) in [5, 5.41) is 16.3. The van der Waals surface area contributed by atoms with Crippen LogP contribution in [-0.2, 0) is 0 Å². The van der Waals surface area contributed by atoms with Gasteiger partial charge in [0.15, 0.2) is 17.3 Å². The molecule has 2 heterocycles. The van der Waals surface area contributed by atoms with Crippen molar-refractivity contribution in [3.63, 3.8) is 0 Å². The third kappa shape index (κ3) is 3.15. The van der Waals surface area contributed by atoms with Crippen LogP contribution in [0.3, 0.4) is 0 Å². The summed E-state index contributed by atoms with van der Waals surface area (Å²) in [5.74, 6) is 1.13. The molecule has 0 bridgehead atoms. The Bertz CT molecular complexity index is 942. The molecule has 0 radical (unpaired) electrons. The van der Waals surface area contributed by atoms with Crippen molar-refractivity contribution in [2.24, 2.45) is 10.1 Å². The van der Waals surface area contributed by atoms with Gasteiger partial charge in [-0.3, -0.25) is 4.99 Å². The van der Waals surface area contributed by atoms with Crippen LogP contribution in [0.15, 0.2) is 54.9 Å². The fourth-order valence-corrected chi connectivity index (χ4v) is 3.35. The summed E-state index contributed by atoms with van der Waals surface area (Å²) in [7, 11) is 3.21. The molecule has 0 spiro atoms. The van der Waals surface area contributed by atoms with Gasteiger partial charge >= 0.3 is 0 Å². The van der Waals surface area contributed by atoms with Crippen LogP contribution in [0.5, 0.6) is 11.5 Å². The van der Waals surface area contributed by atoms with Gasteiger partial charge in [-0.1, -0.05) is 0 Å². The second kappa shape index (κ2) is 7.06. The van der Waals surface area contributed by atoms with Crippen molar-refractivity contribution >= 4 is 33.5 Å². The molecule has 0 aliphatic carbocycles. The standard InChI is InChI=1S/C16H14BrN3O3S/c1-18-16-20(12(9-24-16)13-4-3-5-23-13)19-8-10-6-11(17)15(21)14(7-10)22-2/h3-9,21H,1-2H3. The Hall–Kier alpha value is -2.32. The molecule has 6 nitrogen and oxygen atoms in total. The van der Waals surface area contributed by atoms with Crippen molar-refractivity contribution in [1.82, 2.24) is 4.68 Å². The average molecular weight is 408 g/mol. The lowest BCUT2D eigenvalue weighted by atomic mass is 10.2. The number of halogens is 1. The first-order valence-corrected chi connectivity index (χ1v) is 8.59. The van der Waals surface area contributed by atoms with Crippen LogP contribution < -0.4 is 9.54 Å². The van der Waals surface area contributed by atoms with E-state index in [4.69, 9.17) is 9.15 Å². The number of aromatic nitrogens is 1. The highest BCUT2D eigenvalue weighted by Crippen LogP contribution is 2.34. The Morgan fingerprint density at radius 3 is 2.92 bits per heavy atom. The third-order valence-electron chi connectivity index (χ3n) is 3.24. The molecule has 124 valence electrons. The summed E-state index contributed by atoms with van der Waals surface area (Å²) in [4.78, 5) is 4.97. The number of nitrogens with zero attached hydrogens (tertiary/aromatic N) is 3. The van der Waals surface area contributed by atoms with Crippen molar-refractivity contribution in [2.75, 3.05) is 14.2 Å². The SMILES string of the molecule is CN=c1scc(-c2ccco2)n1N=Cc1cc(Br)c(O)c(OC)c1. The molecule has 8 heteroatoms. The molecule has 3 rings (SSSR count). The predicted octanol–water partition coefficient (Wildman–Crippen LogP) is 3.70. The molecule has 0 aliphatic rings. The van der Waals surface area contributed by atoms with Crippen molar-refractivity contribution in [3.8, 4) is 23.0 Å². The van der Waals surface area contributed by atoms with E-state index in [9.17, 15) is 5.11 Å². The zero-order chi connectivity index (χ0) is 17.1. The zero-order valence-electron chi connectivity index (χ0n) is 12.9. The van der Waals surface area contributed by atoms with Crippen LogP contribution in [0, 0.1) is 0 Å². The minimum absolute atomic E-state index is 0.0540. The zero-order valence-corrected chi connectivity index (χ0v) is 15.3. The van der Waals surface area contributed by atoms with Crippen LogP contribution in [0.25, 0.3) is 11.5 Å². The molecule has 3 aromatic rings. The Balaban J connectivity index is 2.04. The van der Waals surface area contributed by atoms with E-state index in [0.29, 0.717) is 16.0 Å². The van der Waals surface area contributed by atoms with Crippen molar-refractivity contribution in [2.45, 2.75) is 0 Å². The minimum atomic E-state index is 0.0540. The maximum atomic E-state index is 9.88. The number of ether oxygens (including phenoxy) is 1. The number of phenols is 1. The number of aromatic hydroxyl groups is 1. The van der Waals surface area contributed by atoms with Gasteiger partial charge in [-0.25, -0.2) is 4.68 Å². The van der Waals surface area contributed by atoms with E-state index < -0.39 is 0 Å². The van der Waals surface area contributed by atoms with Gasteiger partial charge in [-0.2, -0.15) is 5.10 Å². The lowest BCUT2D eigenvalue weighted by Gasteiger charge is -2.06. The number of thiazole rings is 1. The number of furan rings is 1. The highest BCUT2D eigenvalue weighted by atomic mass is 79.9. The molecule has 2 aromatic heterocycles. The molecule has 0 saturated carbocycles. The smallest absolute Gasteiger partial charge is 0.206 e. The van der Waals surface area contributed by atoms with Crippen LogP contribution in [0.1, 0.15) is 5.56 Å². The van der Waals surface area contributed by atoms with Crippen LogP contribution in [0.4, 0.5) is 0 Å². The van der Waals surface area contributed by atoms with Gasteiger partial charge in [0, 0.05) is 12.4 Å². The largest absolute Gasteiger partial charge is 0.503 e. The van der Waals surface area contributed by atoms with Gasteiger partial charge in [0.05, 0.1) is 24.1 Å². The average Bonchev–Trinajstić information content (AvgIpc) is 3.24. The second-order valence-corrected chi connectivity index (χ2v) is 6.41. The number of methoxy groups -OCH3 is 1. The van der Waals surface area contributed by atoms with Crippen LogP contribution in [-0.4, -0.2) is 30.2 Å². The van der Waals surface area contributed by atoms with E-state index in [2.05, 4.69) is 26.0 Å². The van der Waals surface area contributed by atoms with Crippen molar-refractivity contribution < 1.29 is 14.3 Å². The molecular weight excluding hydrogens is 394 g/mol. The quantitative estimate of drug-likeness (QED) is 0.670. The Labute approximate surface area is 150 Å². The number of hydrogen-bond donors (Lipinski definition) is 1. The van der Waals surface area contributed by atoms with Gasteiger partial charge in [0.25, 0.3) is 0 Å². The fourth-order valence-electron chi connectivity index (χ4n) is 2.11. The van der Waals surface area contributed by atoms with Gasteiger partial charge in [0.2, 0.25) is 4.80 Å². The Morgan fingerprint density at radius 1 is 1.42 bits per heavy atom. The van der Waals surface area contributed by atoms with E-state index >= 15 is 0 Å². The van der Waals surface area contributed by atoms with Crippen LogP contribution in [0.2, 0.25) is 0 Å². The van der Waals surface area contributed by atoms with Crippen LogP contribution >= 0.6 is 27.3 Å². The summed E-state index contributed by atoms with van der Waals surface area (Å²) in [5.41, 5.74) is 1.58. The first-order chi connectivity index (χ1) is 11.6. The third-order valence-corrected chi connectivity index (χ3v) is 4.76. The summed E-state index contributed by atoms with van der Waals surface area (Å²) >= 11 is 4.77. The van der Waals surface area contributed by atoms with E-state index in [1.54, 1.807) is 36.3 Å². The Morgan fingerprint density at radius 2 is 2.25 bits per heavy atom. The van der Waals surface area contributed by atoms with Gasteiger partial charge in [0.1, 0.15) is 5.69 Å². The molecule has 24 heavy (non-hydrogen) atoms. The Kier molecular flexibility index (Phi) is 4.86. The topological polar surface area (TPSA) is 72.2 Å². The molecule has 1 aromatic carbocycles. The molecule has 0 amide bonds. The van der Waals surface area contributed by atoms with Gasteiger partial charge < -0.3 is 14.3 Å². The molecule has 0 aliphatic heterocycles. The highest BCUT2D eigenvalue weighted by Gasteiger charge is 2.10. The molecule has 0 unspecified atom stereocenters. The summed E-state index contributed by atoms with van der Waals surface area (Å²) in [6.45, 7) is 0. The summed E-state index contributed by atoms with van der Waals surface area (Å²) in [6.07, 6.45) is 3.28. The van der Waals surface area contributed by atoms with Gasteiger partial charge in [-0.15, -0.1) is 11.3 Å². The molecule has 0 fully saturated rings. The first kappa shape index (κ1) is 16.5. The molecule has 0 atom stereocenters. The fraction of sp³-hybridized carbons (Fsp3) is 0.125. The number of hydrogen-bond acceptors (Lipinski definition) is 6. The number of phenolic OH excluding ortho intramolecular Hbond substituents is 1. The molecular formula is C16H14BrN3O3S. The maximum absolute atomic E-state index is 9.88. The van der Waals surface area contributed by atoms with Crippen molar-refractivity contribution in [3.05, 3.63) is 50.7 Å². The van der Waals surface area contributed by atoms with Gasteiger partial charge in [-0.05, 0) is 45.8 Å². The van der Waals surface area contributed by atoms with E-state index in [1.807, 2.05) is 17.5 Å². The van der Waals surface area contributed by atoms with E-state index in [0.717, 1.165) is 16.1 Å². The predicted molar refractivity (Wildman–Crippen MR) is 96.8 cm³/mol. The second-order valence-electron chi connectivity index (χ2n) is 4.71. The lowest BCUT2D eigenvalue weighted by Crippen LogP contribution is -2.11. The van der Waals surface area contributed by atoms with E-state index in [1.165, 1.54) is 18.4 Å². The summed E-state index contributed by atoms with van der Waals surface area (Å²) in [6, 6.07) is 7.15. The lowest BCUT2D eigenvalue weighted by molar-refractivity contribution is 0.372. The summed E-state index contributed by atoms with van der Waals surface area (Å²) < 4.78 is 12.8. The van der Waals surface area contributed by atoms with E-state index in [-0.39, 0.29) is 5.75 Å². The molecule has 1 N–H and O–H groups in total. The normalized spacial score (nSPS) is 12.2. The highest BCUT2D eigenvalue weighted by molar-refractivity contribution is 9.10. The minimum Gasteiger partial charge on any atom is -0.503 e. The monoisotopic (exact) mass is 407 g/mol. The number of benzene rings is 1. The number of rotatable bonds is 4.